The van der Waals surface area contributed by atoms with E-state index in [4.69, 9.17) is 19.2 Å². The van der Waals surface area contributed by atoms with E-state index in [2.05, 4.69) is 0 Å². The fourth-order valence-electron chi connectivity index (χ4n) is 0. The van der Waals surface area contributed by atoms with Crippen molar-refractivity contribution in [3.63, 3.8) is 0 Å². The first-order chi connectivity index (χ1) is 2.00. The predicted octanol–water partition coefficient (Wildman–Crippen LogP) is -5.15. The monoisotopic (exact) mass is 328 g/mol. The first-order valence-corrected chi connectivity index (χ1v) is 2.19. The molecule has 0 aromatic rings. The summed E-state index contributed by atoms with van der Waals surface area (Å²) in [6.45, 7) is 0. The molecule has 0 aromatic carbocycles. The van der Waals surface area contributed by atoms with Gasteiger partial charge < -0.3 is 78.1 Å². The summed E-state index contributed by atoms with van der Waals surface area (Å²) in [5, 5.41) is 0. The molecule has 0 spiro atoms. The standard InChI is InChI=1S/Co.6H3N.H3O4P.4H2O/c;;;;;;;1-5(2,3)4;;;;/h;6*1H3;(H3,1,2,3,4);4*1H2/q+3;;;;;;;;;;;/p-3. The van der Waals surface area contributed by atoms with Crippen LogP contribution in [0.2, 0.25) is 0 Å². The smallest absolute Gasteiger partial charge is 0.822 e. The van der Waals surface area contributed by atoms with E-state index in [1.807, 2.05) is 0 Å². The molecule has 16 heavy (non-hydrogen) atoms. The maximum absolute atomic E-state index is 8.55. The van der Waals surface area contributed by atoms with Gasteiger partial charge in [0.15, 0.2) is 0 Å². The Morgan fingerprint density at radius 3 is 0.562 bits per heavy atom. The van der Waals surface area contributed by atoms with E-state index in [0.717, 1.165) is 0 Å². The molecule has 0 saturated heterocycles. The summed E-state index contributed by atoms with van der Waals surface area (Å²) in [7, 11) is -5.39. The number of phosphoric acid groups is 1. The van der Waals surface area contributed by atoms with E-state index >= 15 is 0 Å². The van der Waals surface area contributed by atoms with E-state index in [0.29, 0.717) is 0 Å². The molecule has 16 heteroatoms. The van der Waals surface area contributed by atoms with E-state index in [9.17, 15) is 0 Å². The summed E-state index contributed by atoms with van der Waals surface area (Å²) in [4.78, 5) is 25.6. The molecular formula is H26CoN6O8P. The second kappa shape index (κ2) is 79.6. The van der Waals surface area contributed by atoms with Gasteiger partial charge in [-0.05, 0) is 0 Å². The Balaban J connectivity index is -0.00000000145. The van der Waals surface area contributed by atoms with Gasteiger partial charge in [0.05, 0.1) is 0 Å². The molecule has 0 bridgehead atoms. The van der Waals surface area contributed by atoms with Crippen LogP contribution in [0.4, 0.5) is 0 Å². The first kappa shape index (κ1) is 211. The van der Waals surface area contributed by atoms with Crippen LogP contribution in [0.25, 0.3) is 0 Å². The molecule has 0 aromatic heterocycles. The van der Waals surface area contributed by atoms with Gasteiger partial charge in [-0.2, -0.15) is 7.82 Å². The minimum Gasteiger partial charge on any atom is -0.822 e. The normalized spacial score (nSPS) is 3.69. The van der Waals surface area contributed by atoms with Crippen LogP contribution in [0.5, 0.6) is 0 Å². The van der Waals surface area contributed by atoms with Crippen LogP contribution in [0.1, 0.15) is 0 Å². The minimum atomic E-state index is -5.39. The summed E-state index contributed by atoms with van der Waals surface area (Å²) in [6.07, 6.45) is 0. The second-order valence-electron chi connectivity index (χ2n) is 0.447. The SMILES string of the molecule is N.N.N.N.N.N.O.O.O.O.O=P([O-])([O-])[O-].[Co+3]. The maximum Gasteiger partial charge on any atom is 3.00 e. The molecule has 0 aliphatic carbocycles. The number of hydrogen-bond acceptors (Lipinski definition) is 10. The van der Waals surface area contributed by atoms with E-state index in [1.54, 1.807) is 0 Å². The Bertz CT molecular complexity index is 70.7. The van der Waals surface area contributed by atoms with Crippen molar-refractivity contribution in [2.75, 3.05) is 0 Å². The Kier molecular flexibility index (Phi) is 1050. The fraction of sp³-hybridized carbons (Fsp3) is 0. The van der Waals surface area contributed by atoms with Crippen LogP contribution in [0.15, 0.2) is 0 Å². The zero-order chi connectivity index (χ0) is 4.50. The van der Waals surface area contributed by atoms with E-state index in [-0.39, 0.29) is 75.6 Å². The molecule has 0 amide bonds. The third-order valence-corrected chi connectivity index (χ3v) is 0. The zero-order valence-electron chi connectivity index (χ0n) is 8.66. The third-order valence-electron chi connectivity index (χ3n) is 0. The van der Waals surface area contributed by atoms with Gasteiger partial charge in [0.2, 0.25) is 0 Å². The molecule has 0 aliphatic rings. The Hall–Kier alpha value is 0.216. The van der Waals surface area contributed by atoms with Crippen molar-refractivity contribution < 1.29 is 57.9 Å². The average molecular weight is 328 g/mol. The van der Waals surface area contributed by atoms with Crippen molar-refractivity contribution in [3.05, 3.63) is 0 Å². The number of rotatable bonds is 0. The molecule has 0 radical (unpaired) electrons. The molecular weight excluding hydrogens is 302 g/mol. The molecule has 0 aliphatic heterocycles. The molecule has 14 nitrogen and oxygen atoms in total. The summed E-state index contributed by atoms with van der Waals surface area (Å²) in [5.41, 5.74) is 0. The zero-order valence-corrected chi connectivity index (χ0v) is 10.6. The van der Waals surface area contributed by atoms with Crippen molar-refractivity contribution in [2.24, 2.45) is 0 Å². The third kappa shape index (κ3) is 53000. The Morgan fingerprint density at radius 2 is 0.562 bits per heavy atom. The van der Waals surface area contributed by atoms with Crippen molar-refractivity contribution in [3.8, 4) is 0 Å². The predicted molar refractivity (Wildman–Crippen MR) is 52.2 cm³/mol. The van der Waals surface area contributed by atoms with Gasteiger partial charge in [-0.15, -0.1) is 0 Å². The molecule has 118 valence electrons. The average Bonchev–Trinajstić information content (AvgIpc) is 0.722. The van der Waals surface area contributed by atoms with Crippen molar-refractivity contribution in [2.45, 2.75) is 0 Å². The molecule has 0 rings (SSSR count). The van der Waals surface area contributed by atoms with Gasteiger partial charge >= 0.3 is 16.8 Å². The Labute approximate surface area is 103 Å². The van der Waals surface area contributed by atoms with Gasteiger partial charge in [0.25, 0.3) is 0 Å². The molecule has 26 N–H and O–H groups in total. The summed E-state index contributed by atoms with van der Waals surface area (Å²) < 4.78 is 8.55. The van der Waals surface area contributed by atoms with Gasteiger partial charge in [-0.3, -0.25) is 0 Å². The maximum atomic E-state index is 8.55. The van der Waals surface area contributed by atoms with Gasteiger partial charge in [-0.25, -0.2) is 0 Å². The van der Waals surface area contributed by atoms with Crippen LogP contribution in [-0.2, 0) is 21.3 Å². The van der Waals surface area contributed by atoms with Gasteiger partial charge in [0.1, 0.15) is 0 Å². The van der Waals surface area contributed by atoms with Gasteiger partial charge in [-0.1, -0.05) is 0 Å². The molecule has 0 atom stereocenters. The number of hydrogen-bond donors (Lipinski definition) is 6. The summed E-state index contributed by atoms with van der Waals surface area (Å²) in [5.74, 6) is 0. The van der Waals surface area contributed by atoms with Gasteiger partial charge in [0, 0.05) is 0 Å². The molecule has 0 saturated carbocycles. The molecule has 0 fully saturated rings. The van der Waals surface area contributed by atoms with Crippen LogP contribution in [0, 0.1) is 0 Å². The quantitative estimate of drug-likeness (QED) is 0.229. The van der Waals surface area contributed by atoms with Crippen LogP contribution >= 0.6 is 7.82 Å². The Morgan fingerprint density at radius 1 is 0.562 bits per heavy atom. The van der Waals surface area contributed by atoms with Crippen LogP contribution in [-0.4, -0.2) is 21.9 Å². The first-order valence-electron chi connectivity index (χ1n) is 0.730. The van der Waals surface area contributed by atoms with Crippen molar-refractivity contribution >= 4 is 7.82 Å². The van der Waals surface area contributed by atoms with E-state index < -0.39 is 7.82 Å². The molecule has 0 unspecified atom stereocenters. The van der Waals surface area contributed by atoms with E-state index in [1.165, 1.54) is 0 Å². The minimum absolute atomic E-state index is 0. The summed E-state index contributed by atoms with van der Waals surface area (Å²) in [6, 6.07) is 0. The van der Waals surface area contributed by atoms with Crippen LogP contribution < -0.4 is 51.6 Å². The van der Waals surface area contributed by atoms with Crippen molar-refractivity contribution in [1.29, 1.82) is 0 Å². The van der Waals surface area contributed by atoms with Crippen molar-refractivity contribution in [1.82, 2.24) is 36.9 Å². The molecule has 0 heterocycles. The fourth-order valence-corrected chi connectivity index (χ4v) is 0. The van der Waals surface area contributed by atoms with Crippen LogP contribution in [0.3, 0.4) is 0 Å². The second-order valence-corrected chi connectivity index (χ2v) is 1.34. The topological polar surface area (TPSA) is 422 Å². The summed E-state index contributed by atoms with van der Waals surface area (Å²) >= 11 is 0. The largest absolute Gasteiger partial charge is 3.00 e.